The fourth-order valence-electron chi connectivity index (χ4n) is 3.33. The average Bonchev–Trinajstić information content (AvgIpc) is 2.77. The van der Waals surface area contributed by atoms with Crippen molar-refractivity contribution in [1.82, 2.24) is 10.2 Å². The normalized spacial score (nSPS) is 15.3. The number of methoxy groups -OCH3 is 3. The lowest BCUT2D eigenvalue weighted by Gasteiger charge is -2.34. The Labute approximate surface area is 173 Å². The van der Waals surface area contributed by atoms with E-state index in [1.807, 2.05) is 12.1 Å². The van der Waals surface area contributed by atoms with Crippen molar-refractivity contribution in [1.29, 1.82) is 0 Å². The van der Waals surface area contributed by atoms with Crippen LogP contribution in [0.15, 0.2) is 23.2 Å². The second-order valence-electron chi connectivity index (χ2n) is 6.83. The topological polar surface area (TPSA) is 81.6 Å². The predicted octanol–water partition coefficient (Wildman–Crippen LogP) is 2.07. The molecule has 1 saturated heterocycles. The summed E-state index contributed by atoms with van der Waals surface area (Å²) in [5, 5.41) is 3.39. The smallest absolute Gasteiger partial charge is 0.341 e. The molecule has 0 spiro atoms. The molecule has 29 heavy (non-hydrogen) atoms. The number of hydrogen-bond donors (Lipinski definition) is 1. The third-order valence-corrected chi connectivity index (χ3v) is 4.92. The number of nitrogens with zero attached hydrogens (tertiary/aromatic N) is 2. The van der Waals surface area contributed by atoms with Crippen molar-refractivity contribution in [2.75, 3.05) is 54.7 Å². The molecule has 1 aliphatic heterocycles. The van der Waals surface area contributed by atoms with Crippen molar-refractivity contribution in [3.63, 3.8) is 0 Å². The second kappa shape index (κ2) is 12.3. The van der Waals surface area contributed by atoms with Crippen LogP contribution in [0.2, 0.25) is 0 Å². The van der Waals surface area contributed by atoms with Gasteiger partial charge in [-0.15, -0.1) is 0 Å². The van der Waals surface area contributed by atoms with Gasteiger partial charge in [0.15, 0.2) is 5.96 Å². The number of hydrogen-bond acceptors (Lipinski definition) is 6. The van der Waals surface area contributed by atoms with Crippen molar-refractivity contribution in [3.05, 3.63) is 29.3 Å². The quantitative estimate of drug-likeness (QED) is 0.290. The van der Waals surface area contributed by atoms with E-state index in [1.54, 1.807) is 27.3 Å². The van der Waals surface area contributed by atoms with E-state index in [0.29, 0.717) is 24.0 Å². The van der Waals surface area contributed by atoms with Crippen LogP contribution in [-0.4, -0.2) is 77.6 Å². The van der Waals surface area contributed by atoms with Crippen LogP contribution in [0, 0.1) is 0 Å². The number of carbonyl (C=O) groups excluding carboxylic acids is 1. The first kappa shape index (κ1) is 23.0. The Bertz CT molecular complexity index is 672. The van der Waals surface area contributed by atoms with E-state index in [0.717, 1.165) is 57.1 Å². The molecule has 0 bridgehead atoms. The molecule has 1 N–H and O–H groups in total. The summed E-state index contributed by atoms with van der Waals surface area (Å²) in [4.78, 5) is 18.4. The highest BCUT2D eigenvalue weighted by molar-refractivity contribution is 5.92. The zero-order chi connectivity index (χ0) is 21.1. The maximum Gasteiger partial charge on any atom is 0.341 e. The molecule has 0 unspecified atom stereocenters. The van der Waals surface area contributed by atoms with Gasteiger partial charge in [0.1, 0.15) is 11.3 Å². The van der Waals surface area contributed by atoms with E-state index in [1.165, 1.54) is 7.11 Å². The van der Waals surface area contributed by atoms with Crippen molar-refractivity contribution in [3.8, 4) is 5.75 Å². The summed E-state index contributed by atoms with van der Waals surface area (Å²) in [6.07, 6.45) is 3.19. The third kappa shape index (κ3) is 6.90. The number of esters is 1. The standard InChI is InChI=1S/C21H33N3O5/c1-22-21(24-10-8-17(9-11-24)29-13-5-12-26-2)23-15-16-6-7-18(20(25)28-4)19(14-16)27-3/h6-7,14,17H,5,8-13,15H2,1-4H3,(H,22,23). The van der Waals surface area contributed by atoms with Gasteiger partial charge in [-0.3, -0.25) is 4.99 Å². The van der Waals surface area contributed by atoms with E-state index in [4.69, 9.17) is 18.9 Å². The van der Waals surface area contributed by atoms with Gasteiger partial charge < -0.3 is 29.2 Å². The molecule has 2 rings (SSSR count). The lowest BCUT2D eigenvalue weighted by molar-refractivity contribution is 0.00989. The molecule has 1 heterocycles. The van der Waals surface area contributed by atoms with Crippen LogP contribution in [0.3, 0.4) is 0 Å². The minimum Gasteiger partial charge on any atom is -0.496 e. The first-order valence-electron chi connectivity index (χ1n) is 9.94. The molecule has 1 fully saturated rings. The zero-order valence-corrected chi connectivity index (χ0v) is 17.9. The molecule has 162 valence electrons. The van der Waals surface area contributed by atoms with Gasteiger partial charge in [0, 0.05) is 47.0 Å². The van der Waals surface area contributed by atoms with E-state index in [-0.39, 0.29) is 0 Å². The minimum absolute atomic E-state index is 0.302. The number of benzene rings is 1. The molecular formula is C21H33N3O5. The van der Waals surface area contributed by atoms with Gasteiger partial charge >= 0.3 is 5.97 Å². The summed E-state index contributed by atoms with van der Waals surface area (Å²) >= 11 is 0. The molecule has 0 atom stereocenters. The Kier molecular flexibility index (Phi) is 9.73. The van der Waals surface area contributed by atoms with Crippen LogP contribution in [-0.2, 0) is 20.8 Å². The monoisotopic (exact) mass is 407 g/mol. The van der Waals surface area contributed by atoms with Crippen molar-refractivity contribution >= 4 is 11.9 Å². The summed E-state index contributed by atoms with van der Waals surface area (Å²) in [6, 6.07) is 5.44. The molecule has 1 aliphatic rings. The molecular weight excluding hydrogens is 374 g/mol. The minimum atomic E-state index is -0.413. The summed E-state index contributed by atoms with van der Waals surface area (Å²) in [5.41, 5.74) is 1.41. The SMILES string of the molecule is CN=C(NCc1ccc(C(=O)OC)c(OC)c1)N1CCC(OCCCOC)CC1. The van der Waals surface area contributed by atoms with Gasteiger partial charge in [-0.1, -0.05) is 6.07 Å². The van der Waals surface area contributed by atoms with E-state index < -0.39 is 5.97 Å². The fraction of sp³-hybridized carbons (Fsp3) is 0.619. The Morgan fingerprint density at radius 3 is 2.59 bits per heavy atom. The van der Waals surface area contributed by atoms with Gasteiger partial charge in [-0.05, 0) is 37.0 Å². The second-order valence-corrected chi connectivity index (χ2v) is 6.83. The predicted molar refractivity (Wildman–Crippen MR) is 112 cm³/mol. The number of aliphatic imine (C=N–C) groups is 1. The number of carbonyl (C=O) groups is 1. The van der Waals surface area contributed by atoms with Gasteiger partial charge in [0.2, 0.25) is 0 Å². The largest absolute Gasteiger partial charge is 0.496 e. The number of likely N-dealkylation sites (tertiary alicyclic amines) is 1. The van der Waals surface area contributed by atoms with Crippen LogP contribution in [0.5, 0.6) is 5.75 Å². The lowest BCUT2D eigenvalue weighted by atomic mass is 10.1. The first-order chi connectivity index (χ1) is 14.1. The molecule has 0 saturated carbocycles. The number of guanidine groups is 1. The molecule has 1 aromatic carbocycles. The highest BCUT2D eigenvalue weighted by atomic mass is 16.5. The van der Waals surface area contributed by atoms with Gasteiger partial charge in [-0.25, -0.2) is 4.79 Å². The molecule has 1 aromatic rings. The van der Waals surface area contributed by atoms with E-state index in [2.05, 4.69) is 15.2 Å². The highest BCUT2D eigenvalue weighted by Crippen LogP contribution is 2.21. The average molecular weight is 408 g/mol. The third-order valence-electron chi connectivity index (χ3n) is 4.92. The van der Waals surface area contributed by atoms with Gasteiger partial charge in [0.05, 0.1) is 20.3 Å². The van der Waals surface area contributed by atoms with E-state index in [9.17, 15) is 4.79 Å². The summed E-state index contributed by atoms with van der Waals surface area (Å²) in [6.45, 7) is 3.87. The molecule has 8 heteroatoms. The van der Waals surface area contributed by atoms with Gasteiger partial charge in [0.25, 0.3) is 0 Å². The Balaban J connectivity index is 1.84. The fourth-order valence-corrected chi connectivity index (χ4v) is 3.33. The summed E-state index contributed by atoms with van der Waals surface area (Å²) < 4.78 is 21.1. The van der Waals surface area contributed by atoms with Crippen LogP contribution in [0.1, 0.15) is 35.2 Å². The number of piperidine rings is 1. The van der Waals surface area contributed by atoms with Crippen LogP contribution in [0.4, 0.5) is 0 Å². The van der Waals surface area contributed by atoms with E-state index >= 15 is 0 Å². The zero-order valence-electron chi connectivity index (χ0n) is 17.9. The van der Waals surface area contributed by atoms with Crippen molar-refractivity contribution in [2.24, 2.45) is 4.99 Å². The number of rotatable bonds is 9. The summed E-state index contributed by atoms with van der Waals surface area (Å²) in [5.74, 6) is 0.945. The molecule has 0 radical (unpaired) electrons. The van der Waals surface area contributed by atoms with Gasteiger partial charge in [-0.2, -0.15) is 0 Å². The maximum absolute atomic E-state index is 11.8. The number of ether oxygens (including phenoxy) is 4. The van der Waals surface area contributed by atoms with Crippen LogP contribution in [0.25, 0.3) is 0 Å². The summed E-state index contributed by atoms with van der Waals surface area (Å²) in [7, 11) is 6.39. The molecule has 8 nitrogen and oxygen atoms in total. The molecule has 0 aromatic heterocycles. The molecule has 0 amide bonds. The lowest BCUT2D eigenvalue weighted by Crippen LogP contribution is -2.46. The van der Waals surface area contributed by atoms with Crippen LogP contribution < -0.4 is 10.1 Å². The Morgan fingerprint density at radius 2 is 1.97 bits per heavy atom. The van der Waals surface area contributed by atoms with Crippen molar-refractivity contribution in [2.45, 2.75) is 31.9 Å². The highest BCUT2D eigenvalue weighted by Gasteiger charge is 2.22. The maximum atomic E-state index is 11.8. The number of nitrogens with one attached hydrogen (secondary N) is 1. The first-order valence-corrected chi connectivity index (χ1v) is 9.94. The Morgan fingerprint density at radius 1 is 1.21 bits per heavy atom. The molecule has 0 aliphatic carbocycles. The van der Waals surface area contributed by atoms with Crippen LogP contribution >= 0.6 is 0 Å². The van der Waals surface area contributed by atoms with Crippen molar-refractivity contribution < 1.29 is 23.7 Å². The Hall–Kier alpha value is -2.32.